The third-order valence-electron chi connectivity index (χ3n) is 2.53. The summed E-state index contributed by atoms with van der Waals surface area (Å²) in [5, 5.41) is 10.9. The number of hydrogen-bond donors (Lipinski definition) is 0. The highest BCUT2D eigenvalue weighted by Gasteiger charge is 2.34. The second-order valence-electron chi connectivity index (χ2n) is 3.97. The fraction of sp³-hybridized carbons (Fsp3) is 0.0769. The van der Waals surface area contributed by atoms with E-state index in [1.807, 2.05) is 0 Å². The van der Waals surface area contributed by atoms with Gasteiger partial charge in [0.1, 0.15) is 5.75 Å². The van der Waals surface area contributed by atoms with Crippen LogP contribution in [0.5, 0.6) is 11.5 Å². The molecule has 0 aliphatic carbocycles. The summed E-state index contributed by atoms with van der Waals surface area (Å²) >= 11 is 3.06. The molecule has 8 heteroatoms. The third kappa shape index (κ3) is 3.52. The Morgan fingerprint density at radius 1 is 1.10 bits per heavy atom. The lowest BCUT2D eigenvalue weighted by atomic mass is 10.2. The molecule has 0 aromatic heterocycles. The maximum Gasteiger partial charge on any atom is 0.419 e. The van der Waals surface area contributed by atoms with Gasteiger partial charge in [0.2, 0.25) is 5.75 Å². The average Bonchev–Trinajstić information content (AvgIpc) is 2.40. The number of nitrogens with zero attached hydrogens (tertiary/aromatic N) is 1. The van der Waals surface area contributed by atoms with Gasteiger partial charge in [-0.25, -0.2) is 0 Å². The molecule has 0 N–H and O–H groups in total. The molecule has 2 aromatic carbocycles. The Hall–Kier alpha value is -2.09. The number of ether oxygens (including phenoxy) is 1. The lowest BCUT2D eigenvalue weighted by Gasteiger charge is -2.13. The maximum absolute atomic E-state index is 12.9. The summed E-state index contributed by atoms with van der Waals surface area (Å²) in [6, 6.07) is 8.36. The standard InChI is InChI=1S/C13H7BrF3NO3/c14-8-5-6-12(10(7-8)18(19)20)21-11-4-2-1-3-9(11)13(15,16)17/h1-7H. The van der Waals surface area contributed by atoms with Crippen molar-refractivity contribution in [3.8, 4) is 11.5 Å². The summed E-state index contributed by atoms with van der Waals surface area (Å²) < 4.78 is 44.1. The van der Waals surface area contributed by atoms with E-state index >= 15 is 0 Å². The van der Waals surface area contributed by atoms with Crippen LogP contribution in [-0.4, -0.2) is 4.92 Å². The second-order valence-corrected chi connectivity index (χ2v) is 4.88. The molecular formula is C13H7BrF3NO3. The van der Waals surface area contributed by atoms with Crippen molar-refractivity contribution in [2.75, 3.05) is 0 Å². The largest absolute Gasteiger partial charge is 0.449 e. The third-order valence-corrected chi connectivity index (χ3v) is 3.02. The predicted molar refractivity (Wildman–Crippen MR) is 72.3 cm³/mol. The van der Waals surface area contributed by atoms with Crippen LogP contribution in [0.3, 0.4) is 0 Å². The van der Waals surface area contributed by atoms with Crippen molar-refractivity contribution in [2.45, 2.75) is 6.18 Å². The monoisotopic (exact) mass is 361 g/mol. The number of alkyl halides is 3. The minimum Gasteiger partial charge on any atom is -0.449 e. The normalized spacial score (nSPS) is 11.2. The predicted octanol–water partition coefficient (Wildman–Crippen LogP) is 5.17. The van der Waals surface area contributed by atoms with Gasteiger partial charge in [-0.15, -0.1) is 0 Å². The molecule has 2 rings (SSSR count). The molecule has 0 radical (unpaired) electrons. The van der Waals surface area contributed by atoms with Crippen LogP contribution in [-0.2, 0) is 6.18 Å². The minimum atomic E-state index is -4.61. The number of para-hydroxylation sites is 1. The van der Waals surface area contributed by atoms with E-state index in [1.165, 1.54) is 24.3 Å². The zero-order chi connectivity index (χ0) is 15.6. The summed E-state index contributed by atoms with van der Waals surface area (Å²) in [5.41, 5.74) is -1.43. The maximum atomic E-state index is 12.9. The molecule has 110 valence electrons. The van der Waals surface area contributed by atoms with Gasteiger partial charge in [-0.05, 0) is 24.3 Å². The highest BCUT2D eigenvalue weighted by Crippen LogP contribution is 2.40. The Labute approximate surface area is 125 Å². The fourth-order valence-corrected chi connectivity index (χ4v) is 1.98. The first kappa shape index (κ1) is 15.3. The zero-order valence-corrected chi connectivity index (χ0v) is 11.8. The van der Waals surface area contributed by atoms with Gasteiger partial charge in [0, 0.05) is 10.5 Å². The highest BCUT2D eigenvalue weighted by molar-refractivity contribution is 9.10. The molecule has 0 aliphatic heterocycles. The summed E-state index contributed by atoms with van der Waals surface area (Å²) in [4.78, 5) is 10.2. The van der Waals surface area contributed by atoms with Crippen molar-refractivity contribution in [3.63, 3.8) is 0 Å². The zero-order valence-electron chi connectivity index (χ0n) is 10.2. The molecule has 0 saturated carbocycles. The Morgan fingerprint density at radius 2 is 1.76 bits per heavy atom. The first-order chi connectivity index (χ1) is 9.79. The molecule has 0 atom stereocenters. The first-order valence-electron chi connectivity index (χ1n) is 5.57. The average molecular weight is 362 g/mol. The molecule has 0 aliphatic rings. The van der Waals surface area contributed by atoms with Gasteiger partial charge < -0.3 is 4.74 Å². The van der Waals surface area contributed by atoms with Crippen LogP contribution in [0, 0.1) is 10.1 Å². The van der Waals surface area contributed by atoms with E-state index in [9.17, 15) is 23.3 Å². The van der Waals surface area contributed by atoms with Gasteiger partial charge in [0.15, 0.2) is 0 Å². The molecule has 0 bridgehead atoms. The number of rotatable bonds is 3. The van der Waals surface area contributed by atoms with Crippen LogP contribution in [0.15, 0.2) is 46.9 Å². The van der Waals surface area contributed by atoms with Gasteiger partial charge in [0.25, 0.3) is 0 Å². The lowest BCUT2D eigenvalue weighted by Crippen LogP contribution is -2.07. The Bertz CT molecular complexity index is 689. The van der Waals surface area contributed by atoms with Gasteiger partial charge in [-0.2, -0.15) is 13.2 Å². The van der Waals surface area contributed by atoms with Crippen molar-refractivity contribution < 1.29 is 22.8 Å². The fourth-order valence-electron chi connectivity index (χ4n) is 1.63. The molecule has 0 fully saturated rings. The number of nitro groups is 1. The smallest absolute Gasteiger partial charge is 0.419 e. The molecule has 4 nitrogen and oxygen atoms in total. The van der Waals surface area contributed by atoms with Crippen molar-refractivity contribution in [3.05, 3.63) is 62.6 Å². The Kier molecular flexibility index (Phi) is 4.17. The molecular weight excluding hydrogens is 355 g/mol. The van der Waals surface area contributed by atoms with Gasteiger partial charge in [0.05, 0.1) is 10.5 Å². The second kappa shape index (κ2) is 5.72. The van der Waals surface area contributed by atoms with Crippen molar-refractivity contribution in [1.29, 1.82) is 0 Å². The van der Waals surface area contributed by atoms with Crippen LogP contribution in [0.1, 0.15) is 5.56 Å². The van der Waals surface area contributed by atoms with Crippen molar-refractivity contribution in [2.24, 2.45) is 0 Å². The van der Waals surface area contributed by atoms with E-state index in [-0.39, 0.29) is 5.75 Å². The van der Waals surface area contributed by atoms with Crippen LogP contribution in [0.25, 0.3) is 0 Å². The minimum absolute atomic E-state index is 0.264. The molecule has 0 saturated heterocycles. The molecule has 21 heavy (non-hydrogen) atoms. The van der Waals surface area contributed by atoms with E-state index in [0.717, 1.165) is 18.2 Å². The lowest BCUT2D eigenvalue weighted by molar-refractivity contribution is -0.385. The van der Waals surface area contributed by atoms with Gasteiger partial charge in [-0.1, -0.05) is 28.1 Å². The van der Waals surface area contributed by atoms with E-state index in [4.69, 9.17) is 4.74 Å². The molecule has 0 heterocycles. The van der Waals surface area contributed by atoms with Crippen molar-refractivity contribution in [1.82, 2.24) is 0 Å². The van der Waals surface area contributed by atoms with E-state index in [0.29, 0.717) is 4.47 Å². The Balaban J connectivity index is 2.47. The topological polar surface area (TPSA) is 52.4 Å². The van der Waals surface area contributed by atoms with E-state index in [2.05, 4.69) is 15.9 Å². The first-order valence-corrected chi connectivity index (χ1v) is 6.36. The molecule has 0 unspecified atom stereocenters. The van der Waals surface area contributed by atoms with Crippen molar-refractivity contribution >= 4 is 21.6 Å². The SMILES string of the molecule is O=[N+]([O-])c1cc(Br)ccc1Oc1ccccc1C(F)(F)F. The van der Waals surface area contributed by atoms with Crippen LogP contribution < -0.4 is 4.74 Å². The number of benzene rings is 2. The number of halogens is 4. The highest BCUT2D eigenvalue weighted by atomic mass is 79.9. The molecule has 2 aromatic rings. The summed E-state index contributed by atoms with van der Waals surface area (Å²) in [7, 11) is 0. The van der Waals surface area contributed by atoms with Crippen LogP contribution in [0.2, 0.25) is 0 Å². The number of hydrogen-bond acceptors (Lipinski definition) is 3. The Morgan fingerprint density at radius 3 is 2.38 bits per heavy atom. The summed E-state index contributed by atoms with van der Waals surface area (Å²) in [6.45, 7) is 0. The quantitative estimate of drug-likeness (QED) is 0.559. The molecule has 0 amide bonds. The van der Waals surface area contributed by atoms with Gasteiger partial charge >= 0.3 is 11.9 Å². The number of nitro benzene ring substituents is 1. The van der Waals surface area contributed by atoms with Crippen LogP contribution >= 0.6 is 15.9 Å². The van der Waals surface area contributed by atoms with E-state index in [1.54, 1.807) is 0 Å². The summed E-state index contributed by atoms with van der Waals surface area (Å²) in [5.74, 6) is -0.754. The van der Waals surface area contributed by atoms with Gasteiger partial charge in [-0.3, -0.25) is 10.1 Å². The molecule has 0 spiro atoms. The summed E-state index contributed by atoms with van der Waals surface area (Å²) in [6.07, 6.45) is -4.61. The van der Waals surface area contributed by atoms with Crippen LogP contribution in [0.4, 0.5) is 18.9 Å². The van der Waals surface area contributed by atoms with E-state index < -0.39 is 28.1 Å².